The molecule has 0 atom stereocenters. The minimum absolute atomic E-state index is 0.688. The SMILES string of the molecule is Clc1ccc2c(c1)oc1ccc(-c3ccc(-c4ccccc4)cc3)cc12. The molecule has 0 amide bonds. The number of hydrogen-bond acceptors (Lipinski definition) is 1. The van der Waals surface area contributed by atoms with Crippen molar-refractivity contribution in [1.29, 1.82) is 0 Å². The molecular formula is C24H15ClO. The second-order valence-corrected chi connectivity index (χ2v) is 6.83. The summed E-state index contributed by atoms with van der Waals surface area (Å²) in [6.07, 6.45) is 0. The fraction of sp³-hybridized carbons (Fsp3) is 0. The summed E-state index contributed by atoms with van der Waals surface area (Å²) in [7, 11) is 0. The largest absolute Gasteiger partial charge is 0.456 e. The zero-order valence-electron chi connectivity index (χ0n) is 13.9. The Bertz CT molecular complexity index is 1220. The van der Waals surface area contributed by atoms with Crippen LogP contribution in [-0.2, 0) is 0 Å². The summed E-state index contributed by atoms with van der Waals surface area (Å²) in [6.45, 7) is 0. The summed E-state index contributed by atoms with van der Waals surface area (Å²) in [5.41, 5.74) is 6.52. The van der Waals surface area contributed by atoms with Crippen LogP contribution in [0.2, 0.25) is 5.02 Å². The third kappa shape index (κ3) is 2.58. The lowest BCUT2D eigenvalue weighted by molar-refractivity contribution is 0.669. The number of halogens is 1. The first-order valence-corrected chi connectivity index (χ1v) is 8.93. The second-order valence-electron chi connectivity index (χ2n) is 6.40. The van der Waals surface area contributed by atoms with E-state index >= 15 is 0 Å². The first kappa shape index (κ1) is 15.2. The highest BCUT2D eigenvalue weighted by Gasteiger charge is 2.09. The van der Waals surface area contributed by atoms with Crippen LogP contribution in [0.25, 0.3) is 44.2 Å². The van der Waals surface area contributed by atoms with Gasteiger partial charge in [0, 0.05) is 21.9 Å². The van der Waals surface area contributed by atoms with Crippen molar-refractivity contribution in [3.63, 3.8) is 0 Å². The Hall–Kier alpha value is -3.03. The van der Waals surface area contributed by atoms with E-state index in [2.05, 4.69) is 60.7 Å². The van der Waals surface area contributed by atoms with Crippen molar-refractivity contribution >= 4 is 33.5 Å². The van der Waals surface area contributed by atoms with Crippen molar-refractivity contribution in [1.82, 2.24) is 0 Å². The van der Waals surface area contributed by atoms with Crippen molar-refractivity contribution in [2.45, 2.75) is 0 Å². The first-order valence-electron chi connectivity index (χ1n) is 8.56. The van der Waals surface area contributed by atoms with Crippen molar-refractivity contribution in [3.05, 3.63) is 96.0 Å². The summed E-state index contributed by atoms with van der Waals surface area (Å²) in [5, 5.41) is 2.89. The molecule has 0 saturated heterocycles. The quantitative estimate of drug-likeness (QED) is 0.318. The average Bonchev–Trinajstić information content (AvgIpc) is 3.05. The van der Waals surface area contributed by atoms with Gasteiger partial charge in [-0.15, -0.1) is 0 Å². The van der Waals surface area contributed by atoms with Crippen LogP contribution in [0.4, 0.5) is 0 Å². The topological polar surface area (TPSA) is 13.1 Å². The summed E-state index contributed by atoms with van der Waals surface area (Å²) in [5.74, 6) is 0. The zero-order chi connectivity index (χ0) is 17.5. The molecular weight excluding hydrogens is 340 g/mol. The molecule has 0 aliphatic heterocycles. The van der Waals surface area contributed by atoms with E-state index in [4.69, 9.17) is 16.0 Å². The minimum atomic E-state index is 0.688. The molecule has 0 aliphatic carbocycles. The number of hydrogen-bond donors (Lipinski definition) is 0. The second kappa shape index (κ2) is 6.05. The Morgan fingerprint density at radius 2 is 1.15 bits per heavy atom. The molecule has 2 heteroatoms. The van der Waals surface area contributed by atoms with E-state index in [0.717, 1.165) is 21.9 Å². The number of rotatable bonds is 2. The molecule has 0 radical (unpaired) electrons. The van der Waals surface area contributed by atoms with Crippen LogP contribution in [0.3, 0.4) is 0 Å². The Labute approximate surface area is 156 Å². The smallest absolute Gasteiger partial charge is 0.136 e. The molecule has 0 spiro atoms. The number of benzene rings is 4. The van der Waals surface area contributed by atoms with Gasteiger partial charge in [0.05, 0.1) is 0 Å². The molecule has 0 N–H and O–H groups in total. The fourth-order valence-corrected chi connectivity index (χ4v) is 3.58. The monoisotopic (exact) mass is 354 g/mol. The summed E-state index contributed by atoms with van der Waals surface area (Å²) < 4.78 is 5.92. The van der Waals surface area contributed by atoms with Crippen LogP contribution in [0.15, 0.2) is 95.4 Å². The van der Waals surface area contributed by atoms with E-state index in [1.807, 2.05) is 30.3 Å². The molecule has 0 unspecified atom stereocenters. The van der Waals surface area contributed by atoms with E-state index in [1.54, 1.807) is 0 Å². The van der Waals surface area contributed by atoms with Gasteiger partial charge < -0.3 is 4.42 Å². The standard InChI is InChI=1S/C24H15ClO/c25-20-11-12-21-22-14-19(10-13-23(22)26-24(21)15-20)18-8-6-17(7-9-18)16-4-2-1-3-5-16/h1-15H. The molecule has 0 aliphatic rings. The number of furan rings is 1. The summed E-state index contributed by atoms with van der Waals surface area (Å²) in [4.78, 5) is 0. The highest BCUT2D eigenvalue weighted by molar-refractivity contribution is 6.31. The maximum Gasteiger partial charge on any atom is 0.136 e. The van der Waals surface area contributed by atoms with Gasteiger partial charge in [-0.25, -0.2) is 0 Å². The molecule has 1 nitrogen and oxygen atoms in total. The van der Waals surface area contributed by atoms with Crippen molar-refractivity contribution in [2.75, 3.05) is 0 Å². The van der Waals surface area contributed by atoms with Crippen LogP contribution >= 0.6 is 11.6 Å². The Kier molecular flexibility index (Phi) is 3.55. The predicted octanol–water partition coefficient (Wildman–Crippen LogP) is 7.57. The van der Waals surface area contributed by atoms with Crippen LogP contribution in [0.1, 0.15) is 0 Å². The molecule has 1 aromatic heterocycles. The summed E-state index contributed by atoms with van der Waals surface area (Å²) >= 11 is 6.08. The molecule has 1 heterocycles. The minimum Gasteiger partial charge on any atom is -0.456 e. The molecule has 26 heavy (non-hydrogen) atoms. The lowest BCUT2D eigenvalue weighted by atomic mass is 9.99. The third-order valence-electron chi connectivity index (χ3n) is 4.76. The van der Waals surface area contributed by atoms with Gasteiger partial charge in [0.2, 0.25) is 0 Å². The van der Waals surface area contributed by atoms with Gasteiger partial charge in [-0.2, -0.15) is 0 Å². The van der Waals surface area contributed by atoms with Crippen molar-refractivity contribution in [2.24, 2.45) is 0 Å². The van der Waals surface area contributed by atoms with Gasteiger partial charge in [-0.1, -0.05) is 72.3 Å². The Balaban J connectivity index is 1.59. The van der Waals surface area contributed by atoms with Crippen molar-refractivity contribution < 1.29 is 4.42 Å². The summed E-state index contributed by atoms with van der Waals surface area (Å²) in [6, 6.07) is 31.2. The van der Waals surface area contributed by atoms with Gasteiger partial charge in [0.1, 0.15) is 11.2 Å². The maximum absolute atomic E-state index is 6.08. The molecule has 124 valence electrons. The van der Waals surface area contributed by atoms with Crippen molar-refractivity contribution in [3.8, 4) is 22.3 Å². The Morgan fingerprint density at radius 3 is 1.92 bits per heavy atom. The van der Waals surface area contributed by atoms with Gasteiger partial charge >= 0.3 is 0 Å². The molecule has 0 fully saturated rings. The van der Waals surface area contributed by atoms with E-state index < -0.39 is 0 Å². The van der Waals surface area contributed by atoms with Crippen LogP contribution in [0.5, 0.6) is 0 Å². The molecule has 0 bridgehead atoms. The van der Waals surface area contributed by atoms with E-state index in [0.29, 0.717) is 5.02 Å². The average molecular weight is 355 g/mol. The number of fused-ring (bicyclic) bond motifs is 3. The lowest BCUT2D eigenvalue weighted by Gasteiger charge is -2.05. The van der Waals surface area contributed by atoms with E-state index in [-0.39, 0.29) is 0 Å². The van der Waals surface area contributed by atoms with Crippen LogP contribution in [0, 0.1) is 0 Å². The van der Waals surface area contributed by atoms with Gasteiger partial charge in [-0.3, -0.25) is 0 Å². The highest BCUT2D eigenvalue weighted by atomic mass is 35.5. The lowest BCUT2D eigenvalue weighted by Crippen LogP contribution is -1.80. The molecule has 0 saturated carbocycles. The third-order valence-corrected chi connectivity index (χ3v) is 4.99. The van der Waals surface area contributed by atoms with Gasteiger partial charge in [-0.05, 0) is 46.5 Å². The fourth-order valence-electron chi connectivity index (χ4n) is 3.42. The van der Waals surface area contributed by atoms with Gasteiger partial charge in [0.25, 0.3) is 0 Å². The van der Waals surface area contributed by atoms with E-state index in [1.165, 1.54) is 22.3 Å². The highest BCUT2D eigenvalue weighted by Crippen LogP contribution is 2.34. The molecule has 5 aromatic rings. The predicted molar refractivity (Wildman–Crippen MR) is 110 cm³/mol. The first-order chi connectivity index (χ1) is 12.8. The molecule has 4 aromatic carbocycles. The normalized spacial score (nSPS) is 11.3. The van der Waals surface area contributed by atoms with Crippen LogP contribution in [-0.4, -0.2) is 0 Å². The maximum atomic E-state index is 6.08. The van der Waals surface area contributed by atoms with Crippen LogP contribution < -0.4 is 0 Å². The molecule has 5 rings (SSSR count). The van der Waals surface area contributed by atoms with E-state index in [9.17, 15) is 0 Å². The zero-order valence-corrected chi connectivity index (χ0v) is 14.7. The van der Waals surface area contributed by atoms with Gasteiger partial charge in [0.15, 0.2) is 0 Å². The Morgan fingerprint density at radius 1 is 0.500 bits per heavy atom.